The molecule has 1 amide bonds. The molecule has 0 atom stereocenters. The molecule has 2 N–H and O–H groups in total. The van der Waals surface area contributed by atoms with Gasteiger partial charge in [-0.1, -0.05) is 6.42 Å². The Bertz CT molecular complexity index is 731. The van der Waals surface area contributed by atoms with E-state index in [4.69, 9.17) is 4.99 Å². The van der Waals surface area contributed by atoms with Gasteiger partial charge in [0.2, 0.25) is 11.9 Å². The summed E-state index contributed by atoms with van der Waals surface area (Å²) in [4.78, 5) is 32.7. The fourth-order valence-corrected chi connectivity index (χ4v) is 4.27. The number of hydrogen-bond donors (Lipinski definition) is 2. The number of likely N-dealkylation sites (tertiary alicyclic amines) is 1. The molecule has 0 aromatic carbocycles. The Hall–Kier alpha value is -1.69. The summed E-state index contributed by atoms with van der Waals surface area (Å²) in [6, 6.07) is 1.82. The lowest BCUT2D eigenvalue weighted by Crippen LogP contribution is -2.50. The van der Waals surface area contributed by atoms with Crippen LogP contribution in [0.4, 0.5) is 5.95 Å². The van der Waals surface area contributed by atoms with Crippen molar-refractivity contribution in [2.24, 2.45) is 4.99 Å². The SMILES string of the molecule is CCNC(=NCC(C)(C)N1CCCCC1)NCCC(=O)N1CCN(c2ncccn2)CC1.I. The van der Waals surface area contributed by atoms with Crippen LogP contribution >= 0.6 is 24.0 Å². The molecule has 2 aliphatic heterocycles. The van der Waals surface area contributed by atoms with Crippen molar-refractivity contribution in [2.75, 3.05) is 63.8 Å². The van der Waals surface area contributed by atoms with Crippen molar-refractivity contribution in [3.05, 3.63) is 18.5 Å². The van der Waals surface area contributed by atoms with Gasteiger partial charge in [0.1, 0.15) is 0 Å². The molecular weight excluding hydrogens is 531 g/mol. The second kappa shape index (κ2) is 13.9. The fourth-order valence-electron chi connectivity index (χ4n) is 4.27. The van der Waals surface area contributed by atoms with Gasteiger partial charge in [-0.15, -0.1) is 24.0 Å². The van der Waals surface area contributed by atoms with Crippen molar-refractivity contribution < 1.29 is 4.79 Å². The number of nitrogens with zero attached hydrogens (tertiary/aromatic N) is 6. The van der Waals surface area contributed by atoms with Crippen LogP contribution in [0.1, 0.15) is 46.5 Å². The van der Waals surface area contributed by atoms with Gasteiger partial charge in [0, 0.05) is 63.6 Å². The molecule has 2 fully saturated rings. The van der Waals surface area contributed by atoms with Crippen molar-refractivity contribution in [1.29, 1.82) is 0 Å². The van der Waals surface area contributed by atoms with Crippen LogP contribution < -0.4 is 15.5 Å². The van der Waals surface area contributed by atoms with Gasteiger partial charge >= 0.3 is 0 Å². The molecule has 0 saturated carbocycles. The second-order valence-corrected chi connectivity index (χ2v) is 9.15. The number of aromatic nitrogens is 2. The average molecular weight is 573 g/mol. The topological polar surface area (TPSA) is 89.0 Å². The van der Waals surface area contributed by atoms with E-state index in [0.717, 1.165) is 51.2 Å². The maximum Gasteiger partial charge on any atom is 0.225 e. The highest BCUT2D eigenvalue weighted by atomic mass is 127. The van der Waals surface area contributed by atoms with E-state index in [0.29, 0.717) is 26.1 Å². The number of carbonyl (C=O) groups excluding carboxylic acids is 1. The van der Waals surface area contributed by atoms with Gasteiger partial charge in [0.05, 0.1) is 6.54 Å². The summed E-state index contributed by atoms with van der Waals surface area (Å²) in [7, 11) is 0. The third kappa shape index (κ3) is 8.55. The smallest absolute Gasteiger partial charge is 0.225 e. The lowest BCUT2D eigenvalue weighted by atomic mass is 9.99. The minimum atomic E-state index is 0. The van der Waals surface area contributed by atoms with Crippen LogP contribution in [0.25, 0.3) is 0 Å². The standard InChI is InChI=1S/C23H40N8O.HI/c1-4-24-21(28-19-23(2,3)31-13-6-5-7-14-31)25-12-9-20(32)29-15-17-30(18-16-29)22-26-10-8-11-27-22;/h8,10-11H,4-7,9,12-19H2,1-3H3,(H2,24,25,28);1H. The number of piperidine rings is 1. The molecule has 10 heteroatoms. The molecule has 2 saturated heterocycles. The molecule has 2 aliphatic rings. The van der Waals surface area contributed by atoms with E-state index in [9.17, 15) is 4.79 Å². The highest BCUT2D eigenvalue weighted by Crippen LogP contribution is 2.20. The van der Waals surface area contributed by atoms with Gasteiger partial charge in [-0.25, -0.2) is 9.97 Å². The molecule has 0 spiro atoms. The van der Waals surface area contributed by atoms with E-state index >= 15 is 0 Å². The molecule has 0 unspecified atom stereocenters. The molecule has 3 rings (SSSR count). The Labute approximate surface area is 215 Å². The first-order valence-electron chi connectivity index (χ1n) is 12.1. The normalized spacial score (nSPS) is 18.0. The zero-order valence-corrected chi connectivity index (χ0v) is 22.8. The van der Waals surface area contributed by atoms with Crippen molar-refractivity contribution in [3.8, 4) is 0 Å². The van der Waals surface area contributed by atoms with Crippen LogP contribution in [0.3, 0.4) is 0 Å². The average Bonchev–Trinajstić information content (AvgIpc) is 2.83. The van der Waals surface area contributed by atoms with E-state index in [1.54, 1.807) is 12.4 Å². The van der Waals surface area contributed by atoms with Gasteiger partial charge in [-0.05, 0) is 52.8 Å². The van der Waals surface area contributed by atoms with E-state index in [2.05, 4.69) is 51.2 Å². The molecule has 33 heavy (non-hydrogen) atoms. The number of piperazine rings is 1. The molecule has 1 aromatic heterocycles. The molecule has 3 heterocycles. The third-order valence-electron chi connectivity index (χ3n) is 6.28. The van der Waals surface area contributed by atoms with Crippen molar-refractivity contribution in [2.45, 2.75) is 52.0 Å². The Kier molecular flexibility index (Phi) is 11.6. The summed E-state index contributed by atoms with van der Waals surface area (Å²) in [6.45, 7) is 14.0. The summed E-state index contributed by atoms with van der Waals surface area (Å²) in [5, 5.41) is 6.65. The quantitative estimate of drug-likeness (QED) is 0.280. The highest BCUT2D eigenvalue weighted by Gasteiger charge is 2.27. The van der Waals surface area contributed by atoms with E-state index < -0.39 is 0 Å². The van der Waals surface area contributed by atoms with Crippen LogP contribution in [-0.4, -0.2) is 96.1 Å². The predicted octanol–water partition coefficient (Wildman–Crippen LogP) is 1.95. The first kappa shape index (κ1) is 27.6. The number of carbonyl (C=O) groups is 1. The van der Waals surface area contributed by atoms with Gasteiger partial charge in [0.15, 0.2) is 5.96 Å². The van der Waals surface area contributed by atoms with Crippen molar-refractivity contribution in [3.63, 3.8) is 0 Å². The number of hydrogen-bond acceptors (Lipinski definition) is 6. The molecular formula is C23H41IN8O. The lowest BCUT2D eigenvalue weighted by Gasteiger charge is -2.40. The summed E-state index contributed by atoms with van der Waals surface area (Å²) in [5.74, 6) is 1.70. The van der Waals surface area contributed by atoms with Crippen LogP contribution in [-0.2, 0) is 4.79 Å². The van der Waals surface area contributed by atoms with Crippen LogP contribution in [0.2, 0.25) is 0 Å². The number of aliphatic imine (C=N–C) groups is 1. The number of nitrogens with one attached hydrogen (secondary N) is 2. The molecule has 1 aromatic rings. The number of guanidine groups is 1. The maximum atomic E-state index is 12.7. The molecule has 186 valence electrons. The van der Waals surface area contributed by atoms with Crippen molar-refractivity contribution >= 4 is 41.8 Å². The Morgan fingerprint density at radius 3 is 2.33 bits per heavy atom. The molecule has 0 bridgehead atoms. The zero-order valence-electron chi connectivity index (χ0n) is 20.4. The lowest BCUT2D eigenvalue weighted by molar-refractivity contribution is -0.131. The van der Waals surface area contributed by atoms with Crippen LogP contribution in [0.5, 0.6) is 0 Å². The summed E-state index contributed by atoms with van der Waals surface area (Å²) < 4.78 is 0. The second-order valence-electron chi connectivity index (χ2n) is 9.15. The van der Waals surface area contributed by atoms with Gasteiger partial charge in [0.25, 0.3) is 0 Å². The number of halogens is 1. The van der Waals surface area contributed by atoms with Crippen molar-refractivity contribution in [1.82, 2.24) is 30.4 Å². The highest BCUT2D eigenvalue weighted by molar-refractivity contribution is 14.0. The Morgan fingerprint density at radius 1 is 1.03 bits per heavy atom. The van der Waals surface area contributed by atoms with E-state index in [1.165, 1.54) is 19.3 Å². The first-order chi connectivity index (χ1) is 15.5. The van der Waals surface area contributed by atoms with E-state index in [-0.39, 0.29) is 35.4 Å². The number of anilines is 1. The Balaban J connectivity index is 0.00000385. The minimum Gasteiger partial charge on any atom is -0.357 e. The summed E-state index contributed by atoms with van der Waals surface area (Å²) >= 11 is 0. The minimum absolute atomic E-state index is 0. The Morgan fingerprint density at radius 2 is 1.70 bits per heavy atom. The number of amides is 1. The summed E-state index contributed by atoms with van der Waals surface area (Å²) in [6.07, 6.45) is 7.86. The monoisotopic (exact) mass is 572 g/mol. The van der Waals surface area contributed by atoms with Gasteiger partial charge in [-0.2, -0.15) is 0 Å². The largest absolute Gasteiger partial charge is 0.357 e. The maximum absolute atomic E-state index is 12.7. The zero-order chi connectivity index (χ0) is 22.8. The van der Waals surface area contributed by atoms with Gasteiger partial charge < -0.3 is 20.4 Å². The molecule has 9 nitrogen and oxygen atoms in total. The third-order valence-corrected chi connectivity index (χ3v) is 6.28. The first-order valence-corrected chi connectivity index (χ1v) is 12.1. The molecule has 0 radical (unpaired) electrons. The van der Waals surface area contributed by atoms with Gasteiger partial charge in [-0.3, -0.25) is 14.7 Å². The number of rotatable bonds is 8. The fraction of sp³-hybridized carbons (Fsp3) is 0.739. The summed E-state index contributed by atoms with van der Waals surface area (Å²) in [5.41, 5.74) is 0.0424. The molecule has 0 aliphatic carbocycles. The van der Waals surface area contributed by atoms with Crippen LogP contribution in [0.15, 0.2) is 23.5 Å². The predicted molar refractivity (Wildman–Crippen MR) is 144 cm³/mol. The van der Waals surface area contributed by atoms with Crippen LogP contribution in [0, 0.1) is 0 Å². The van der Waals surface area contributed by atoms with E-state index in [1.807, 2.05) is 11.0 Å².